The lowest BCUT2D eigenvalue weighted by molar-refractivity contribution is 0.0695. The Kier molecular flexibility index (Phi) is 7.89. The summed E-state index contributed by atoms with van der Waals surface area (Å²) in [6, 6.07) is 20.7. The Morgan fingerprint density at radius 2 is 1.44 bits per heavy atom. The number of carboxylic acid groups (broad SMARTS) is 1. The van der Waals surface area contributed by atoms with E-state index in [9.17, 15) is 18.3 Å². The van der Waals surface area contributed by atoms with Gasteiger partial charge in [-0.15, -0.1) is 0 Å². The van der Waals surface area contributed by atoms with Crippen molar-refractivity contribution in [1.29, 1.82) is 0 Å². The van der Waals surface area contributed by atoms with E-state index in [0.717, 1.165) is 36.8 Å². The number of ether oxygens (including phenoxy) is 1. The van der Waals surface area contributed by atoms with Gasteiger partial charge in [0.25, 0.3) is 10.0 Å². The summed E-state index contributed by atoms with van der Waals surface area (Å²) in [5.41, 5.74) is 2.69. The zero-order valence-electron chi connectivity index (χ0n) is 18.0. The van der Waals surface area contributed by atoms with Crippen LogP contribution in [0.5, 0.6) is 5.75 Å². The normalized spacial score (nSPS) is 11.2. The number of hydrogen-bond donors (Lipinski definition) is 2. The second kappa shape index (κ2) is 10.8. The first-order valence-corrected chi connectivity index (χ1v) is 11.9. The number of unbranched alkanes of at least 4 members (excludes halogenated alkanes) is 2. The molecule has 0 aliphatic heterocycles. The Hall–Kier alpha value is -3.32. The highest BCUT2D eigenvalue weighted by atomic mass is 32.2. The van der Waals surface area contributed by atoms with Crippen LogP contribution in [0.3, 0.4) is 0 Å². The summed E-state index contributed by atoms with van der Waals surface area (Å²) in [5.74, 6) is -0.311. The van der Waals surface area contributed by atoms with Crippen LogP contribution in [0, 0.1) is 0 Å². The van der Waals surface area contributed by atoms with E-state index in [1.165, 1.54) is 19.2 Å². The van der Waals surface area contributed by atoms with Gasteiger partial charge >= 0.3 is 5.97 Å². The number of methoxy groups -OCH3 is 1. The standard InChI is InChI=1S/C25H27NO5S/c1-31-21-15-17-22(18-16-21)32(29,30)26-24-14-8-6-12-20(24)11-4-2-3-9-19-10-5-7-13-23(19)25(27)28/h5-8,10,12-18,26H,2-4,9,11H2,1H3,(H,27,28). The van der Waals surface area contributed by atoms with Gasteiger partial charge in [0.05, 0.1) is 23.3 Å². The Morgan fingerprint density at radius 3 is 2.09 bits per heavy atom. The number of nitrogens with one attached hydrogen (secondary N) is 1. The lowest BCUT2D eigenvalue weighted by Gasteiger charge is -2.13. The molecule has 2 N–H and O–H groups in total. The van der Waals surface area contributed by atoms with Crippen molar-refractivity contribution < 1.29 is 23.1 Å². The maximum absolute atomic E-state index is 12.8. The molecule has 0 spiro atoms. The zero-order chi connectivity index (χ0) is 23.0. The number of carboxylic acids is 1. The minimum absolute atomic E-state index is 0.171. The molecule has 0 aliphatic rings. The van der Waals surface area contributed by atoms with E-state index in [0.29, 0.717) is 23.4 Å². The number of aryl methyl sites for hydroxylation is 2. The first-order valence-electron chi connectivity index (χ1n) is 10.5. The van der Waals surface area contributed by atoms with Crippen LogP contribution in [0.15, 0.2) is 77.7 Å². The molecule has 0 bridgehead atoms. The third-order valence-corrected chi connectivity index (χ3v) is 6.65. The smallest absolute Gasteiger partial charge is 0.335 e. The molecule has 7 heteroatoms. The van der Waals surface area contributed by atoms with Crippen molar-refractivity contribution in [1.82, 2.24) is 0 Å². The van der Waals surface area contributed by atoms with E-state index in [1.807, 2.05) is 24.3 Å². The Bertz CT molecular complexity index is 1160. The maximum atomic E-state index is 12.8. The van der Waals surface area contributed by atoms with Crippen molar-refractivity contribution in [2.75, 3.05) is 11.8 Å². The van der Waals surface area contributed by atoms with Gasteiger partial charge in [0.2, 0.25) is 0 Å². The second-order valence-electron chi connectivity index (χ2n) is 7.46. The molecule has 0 amide bonds. The van der Waals surface area contributed by atoms with Crippen molar-refractivity contribution in [2.24, 2.45) is 0 Å². The summed E-state index contributed by atoms with van der Waals surface area (Å²) in [6.45, 7) is 0. The van der Waals surface area contributed by atoms with Crippen LogP contribution in [-0.4, -0.2) is 26.6 Å². The molecule has 0 fully saturated rings. The fourth-order valence-corrected chi connectivity index (χ4v) is 4.65. The van der Waals surface area contributed by atoms with Crippen LogP contribution in [-0.2, 0) is 22.9 Å². The van der Waals surface area contributed by atoms with E-state index in [4.69, 9.17) is 4.74 Å². The van der Waals surface area contributed by atoms with Crippen molar-refractivity contribution in [3.05, 3.63) is 89.5 Å². The first kappa shape index (κ1) is 23.3. The van der Waals surface area contributed by atoms with Gasteiger partial charge in [0.1, 0.15) is 5.75 Å². The van der Waals surface area contributed by atoms with Gasteiger partial charge in [-0.3, -0.25) is 4.72 Å². The summed E-state index contributed by atoms with van der Waals surface area (Å²) in [5, 5.41) is 9.29. The van der Waals surface area contributed by atoms with Crippen molar-refractivity contribution in [2.45, 2.75) is 37.0 Å². The molecule has 0 saturated heterocycles. The summed E-state index contributed by atoms with van der Waals surface area (Å²) in [4.78, 5) is 11.5. The topological polar surface area (TPSA) is 92.7 Å². The average molecular weight is 454 g/mol. The third kappa shape index (κ3) is 6.11. The quantitative estimate of drug-likeness (QED) is 0.392. The van der Waals surface area contributed by atoms with Crippen LogP contribution in [0.4, 0.5) is 5.69 Å². The number of rotatable bonds is 11. The Morgan fingerprint density at radius 1 is 0.844 bits per heavy atom. The van der Waals surface area contributed by atoms with Crippen LogP contribution in [0.25, 0.3) is 0 Å². The molecule has 0 unspecified atom stereocenters. The van der Waals surface area contributed by atoms with Crippen LogP contribution in [0.2, 0.25) is 0 Å². The summed E-state index contributed by atoms with van der Waals surface area (Å²) in [6.07, 6.45) is 4.07. The van der Waals surface area contributed by atoms with Gasteiger partial charge in [-0.2, -0.15) is 0 Å². The monoisotopic (exact) mass is 453 g/mol. The molecular formula is C25H27NO5S. The van der Waals surface area contributed by atoms with Crippen molar-refractivity contribution in [3.8, 4) is 5.75 Å². The number of para-hydroxylation sites is 1. The lowest BCUT2D eigenvalue weighted by Crippen LogP contribution is -2.14. The fraction of sp³-hybridized carbons (Fsp3) is 0.240. The molecule has 0 aliphatic carbocycles. The van der Waals surface area contributed by atoms with Gasteiger partial charge in [-0.1, -0.05) is 42.8 Å². The fourth-order valence-electron chi connectivity index (χ4n) is 3.55. The molecular weight excluding hydrogens is 426 g/mol. The minimum atomic E-state index is -3.71. The average Bonchev–Trinajstić information content (AvgIpc) is 2.80. The predicted octanol–water partition coefficient (Wildman–Crippen LogP) is 5.15. The number of carbonyl (C=O) groups is 1. The van der Waals surface area contributed by atoms with Crippen molar-refractivity contribution in [3.63, 3.8) is 0 Å². The highest BCUT2D eigenvalue weighted by molar-refractivity contribution is 7.92. The lowest BCUT2D eigenvalue weighted by atomic mass is 9.99. The summed E-state index contributed by atoms with van der Waals surface area (Å²) in [7, 11) is -2.18. The molecule has 32 heavy (non-hydrogen) atoms. The van der Waals surface area contributed by atoms with Gasteiger partial charge in [-0.05, 0) is 73.2 Å². The van der Waals surface area contributed by atoms with Gasteiger partial charge < -0.3 is 9.84 Å². The SMILES string of the molecule is COc1ccc(S(=O)(=O)Nc2ccccc2CCCCCc2ccccc2C(=O)O)cc1. The number of benzene rings is 3. The van der Waals surface area contributed by atoms with Crippen LogP contribution in [0.1, 0.15) is 40.7 Å². The van der Waals surface area contributed by atoms with E-state index >= 15 is 0 Å². The molecule has 168 valence electrons. The number of aromatic carboxylic acids is 1. The molecule has 0 saturated carbocycles. The van der Waals surface area contributed by atoms with Crippen LogP contribution < -0.4 is 9.46 Å². The van der Waals surface area contributed by atoms with E-state index in [-0.39, 0.29) is 4.90 Å². The number of anilines is 1. The van der Waals surface area contributed by atoms with Gasteiger partial charge in [-0.25, -0.2) is 13.2 Å². The van der Waals surface area contributed by atoms with E-state index < -0.39 is 16.0 Å². The first-order chi connectivity index (χ1) is 15.4. The third-order valence-electron chi connectivity index (χ3n) is 5.27. The van der Waals surface area contributed by atoms with Crippen LogP contribution >= 0.6 is 0 Å². The minimum Gasteiger partial charge on any atom is -0.497 e. The molecule has 3 aromatic carbocycles. The van der Waals surface area contributed by atoms with Crippen molar-refractivity contribution >= 4 is 21.7 Å². The van der Waals surface area contributed by atoms with Gasteiger partial charge in [0.15, 0.2) is 0 Å². The zero-order valence-corrected chi connectivity index (χ0v) is 18.8. The molecule has 3 rings (SSSR count). The summed E-state index contributed by atoms with van der Waals surface area (Å²) >= 11 is 0. The molecule has 3 aromatic rings. The largest absolute Gasteiger partial charge is 0.497 e. The van der Waals surface area contributed by atoms with Gasteiger partial charge in [0, 0.05) is 0 Å². The predicted molar refractivity (Wildman–Crippen MR) is 125 cm³/mol. The van der Waals surface area contributed by atoms with E-state index in [1.54, 1.807) is 36.4 Å². The summed E-state index contributed by atoms with van der Waals surface area (Å²) < 4.78 is 33.3. The second-order valence-corrected chi connectivity index (χ2v) is 9.14. The maximum Gasteiger partial charge on any atom is 0.335 e. The molecule has 6 nitrogen and oxygen atoms in total. The Balaban J connectivity index is 1.58. The Labute approximate surface area is 188 Å². The molecule has 0 atom stereocenters. The highest BCUT2D eigenvalue weighted by Gasteiger charge is 2.16. The van der Waals surface area contributed by atoms with E-state index in [2.05, 4.69) is 4.72 Å². The molecule has 0 aromatic heterocycles. The number of hydrogen-bond acceptors (Lipinski definition) is 4. The highest BCUT2D eigenvalue weighted by Crippen LogP contribution is 2.23. The number of sulfonamides is 1. The molecule has 0 radical (unpaired) electrons. The molecule has 0 heterocycles.